The SMILES string of the molecule is [O-]N(O)c1ccc2c(c1)C1=C(CO2)Cc2ccccc2O1. The van der Waals surface area contributed by atoms with E-state index in [9.17, 15) is 5.21 Å². The number of anilines is 1. The van der Waals surface area contributed by atoms with Crippen LogP contribution in [-0.4, -0.2) is 11.8 Å². The van der Waals surface area contributed by atoms with E-state index < -0.39 is 0 Å². The van der Waals surface area contributed by atoms with E-state index in [-0.39, 0.29) is 10.9 Å². The Balaban J connectivity index is 1.82. The molecule has 0 radical (unpaired) electrons. The average molecular weight is 282 g/mol. The van der Waals surface area contributed by atoms with Gasteiger partial charge in [0.25, 0.3) is 0 Å². The summed E-state index contributed by atoms with van der Waals surface area (Å²) in [7, 11) is 0. The second-order valence-corrected chi connectivity index (χ2v) is 5.06. The Morgan fingerprint density at radius 1 is 1.10 bits per heavy atom. The Kier molecular flexibility index (Phi) is 2.63. The summed E-state index contributed by atoms with van der Waals surface area (Å²) >= 11 is 0. The van der Waals surface area contributed by atoms with Gasteiger partial charge in [0.15, 0.2) is 0 Å². The highest BCUT2D eigenvalue weighted by atomic mass is 16.8. The van der Waals surface area contributed by atoms with Crippen molar-refractivity contribution >= 4 is 11.4 Å². The van der Waals surface area contributed by atoms with Gasteiger partial charge >= 0.3 is 0 Å². The highest BCUT2D eigenvalue weighted by molar-refractivity contribution is 5.77. The summed E-state index contributed by atoms with van der Waals surface area (Å²) in [6.45, 7) is 0.468. The number of benzene rings is 2. The molecule has 0 aliphatic carbocycles. The molecular weight excluding hydrogens is 270 g/mol. The molecule has 0 atom stereocenters. The molecule has 106 valence electrons. The van der Waals surface area contributed by atoms with Crippen LogP contribution in [0.4, 0.5) is 5.69 Å². The van der Waals surface area contributed by atoms with Crippen LogP contribution in [0.3, 0.4) is 0 Å². The van der Waals surface area contributed by atoms with Crippen LogP contribution >= 0.6 is 0 Å². The predicted octanol–water partition coefficient (Wildman–Crippen LogP) is 3.12. The molecule has 21 heavy (non-hydrogen) atoms. The molecule has 1 N–H and O–H groups in total. The molecule has 0 saturated heterocycles. The first-order valence-corrected chi connectivity index (χ1v) is 6.63. The van der Waals surface area contributed by atoms with E-state index in [1.165, 1.54) is 6.07 Å². The van der Waals surface area contributed by atoms with Crippen molar-refractivity contribution in [3.63, 3.8) is 0 Å². The van der Waals surface area contributed by atoms with Gasteiger partial charge in [-0.3, -0.25) is 5.21 Å². The maximum absolute atomic E-state index is 11.1. The smallest absolute Gasteiger partial charge is 0.141 e. The van der Waals surface area contributed by atoms with E-state index >= 15 is 0 Å². The Labute approximate surface area is 121 Å². The van der Waals surface area contributed by atoms with Gasteiger partial charge in [0.1, 0.15) is 23.9 Å². The molecule has 2 heterocycles. The van der Waals surface area contributed by atoms with Gasteiger partial charge in [-0.15, -0.1) is 0 Å². The first kappa shape index (κ1) is 12.3. The number of fused-ring (bicyclic) bond motifs is 3. The quantitative estimate of drug-likeness (QED) is 0.814. The van der Waals surface area contributed by atoms with Crippen LogP contribution in [0.25, 0.3) is 5.76 Å². The maximum Gasteiger partial charge on any atom is 0.141 e. The summed E-state index contributed by atoms with van der Waals surface area (Å²) in [6.07, 6.45) is 0.759. The largest absolute Gasteiger partial charge is 0.733 e. The Bertz CT molecular complexity index is 752. The first-order chi connectivity index (χ1) is 10.2. The minimum absolute atomic E-state index is 0.147. The summed E-state index contributed by atoms with van der Waals surface area (Å²) < 4.78 is 11.7. The van der Waals surface area contributed by atoms with Crippen LogP contribution in [0, 0.1) is 5.21 Å². The first-order valence-electron chi connectivity index (χ1n) is 6.63. The van der Waals surface area contributed by atoms with E-state index in [4.69, 9.17) is 14.7 Å². The Morgan fingerprint density at radius 2 is 1.95 bits per heavy atom. The number of nitrogens with zero attached hydrogens (tertiary/aromatic N) is 1. The molecule has 0 unspecified atom stereocenters. The molecule has 0 bridgehead atoms. The zero-order chi connectivity index (χ0) is 14.4. The van der Waals surface area contributed by atoms with E-state index in [2.05, 4.69) is 0 Å². The van der Waals surface area contributed by atoms with Gasteiger partial charge < -0.3 is 19.9 Å². The van der Waals surface area contributed by atoms with Crippen molar-refractivity contribution in [2.75, 3.05) is 11.8 Å². The lowest BCUT2D eigenvalue weighted by Crippen LogP contribution is -2.20. The Hall–Kier alpha value is -2.50. The standard InChI is InChI=1S/C16H12NO4/c18-17(19)12-5-6-15-13(8-12)16-11(9-20-15)7-10-3-1-2-4-14(10)21-16/h1-6,8,18H,7,9H2/q-1. The molecule has 0 fully saturated rings. The van der Waals surface area contributed by atoms with E-state index in [1.807, 2.05) is 24.3 Å². The lowest BCUT2D eigenvalue weighted by atomic mass is 9.95. The van der Waals surface area contributed by atoms with Crippen molar-refractivity contribution < 1.29 is 14.7 Å². The topological polar surface area (TPSA) is 65.0 Å². The zero-order valence-corrected chi connectivity index (χ0v) is 11.1. The van der Waals surface area contributed by atoms with Crippen LogP contribution in [0.1, 0.15) is 11.1 Å². The number of ether oxygens (including phenoxy) is 2. The van der Waals surface area contributed by atoms with Crippen LogP contribution < -0.4 is 14.7 Å². The molecule has 0 aromatic heterocycles. The molecule has 5 heteroatoms. The summed E-state index contributed by atoms with van der Waals surface area (Å²) in [5.41, 5.74) is 2.99. The highest BCUT2D eigenvalue weighted by Gasteiger charge is 2.27. The Morgan fingerprint density at radius 3 is 2.81 bits per heavy atom. The zero-order valence-electron chi connectivity index (χ0n) is 11.1. The minimum atomic E-state index is -0.161. The van der Waals surface area contributed by atoms with Gasteiger partial charge in [-0.25, -0.2) is 0 Å². The van der Waals surface area contributed by atoms with Gasteiger partial charge in [-0.1, -0.05) is 18.2 Å². The number of rotatable bonds is 1. The third-order valence-corrected chi connectivity index (χ3v) is 3.74. The molecule has 0 amide bonds. The molecule has 2 aromatic carbocycles. The normalized spacial score (nSPS) is 15.3. The van der Waals surface area contributed by atoms with Crippen LogP contribution in [-0.2, 0) is 6.42 Å². The third-order valence-electron chi connectivity index (χ3n) is 3.74. The fourth-order valence-electron chi connectivity index (χ4n) is 2.71. The fourth-order valence-corrected chi connectivity index (χ4v) is 2.71. The molecule has 0 saturated carbocycles. The van der Waals surface area contributed by atoms with E-state index in [0.717, 1.165) is 29.1 Å². The third kappa shape index (κ3) is 1.94. The maximum atomic E-state index is 11.1. The van der Waals surface area contributed by atoms with Gasteiger partial charge in [-0.05, 0) is 29.8 Å². The molecule has 2 aliphatic heterocycles. The molecule has 4 rings (SSSR count). The summed E-state index contributed by atoms with van der Waals surface area (Å²) in [6, 6.07) is 12.6. The number of para-hydroxylation sites is 1. The number of hydrogen-bond donors (Lipinski definition) is 1. The summed E-state index contributed by atoms with van der Waals surface area (Å²) in [4.78, 5) is 0. The van der Waals surface area contributed by atoms with E-state index in [1.54, 1.807) is 12.1 Å². The second-order valence-electron chi connectivity index (χ2n) is 5.06. The molecule has 2 aliphatic rings. The van der Waals surface area contributed by atoms with Crippen LogP contribution in [0.5, 0.6) is 11.5 Å². The molecule has 5 nitrogen and oxygen atoms in total. The van der Waals surface area contributed by atoms with Crippen molar-refractivity contribution in [3.8, 4) is 11.5 Å². The summed E-state index contributed by atoms with van der Waals surface area (Å²) in [5, 5.41) is 20.0. The van der Waals surface area contributed by atoms with Crippen LogP contribution in [0.2, 0.25) is 0 Å². The highest BCUT2D eigenvalue weighted by Crippen LogP contribution is 2.41. The monoisotopic (exact) mass is 282 g/mol. The van der Waals surface area contributed by atoms with Crippen molar-refractivity contribution in [1.82, 2.24) is 0 Å². The predicted molar refractivity (Wildman–Crippen MR) is 77.3 cm³/mol. The lowest BCUT2D eigenvalue weighted by Gasteiger charge is -2.30. The fraction of sp³-hybridized carbons (Fsp3) is 0.125. The van der Waals surface area contributed by atoms with Crippen molar-refractivity contribution in [1.29, 1.82) is 0 Å². The molecule has 0 spiro atoms. The van der Waals surface area contributed by atoms with Crippen molar-refractivity contribution in [3.05, 3.63) is 64.4 Å². The van der Waals surface area contributed by atoms with Crippen molar-refractivity contribution in [2.24, 2.45) is 0 Å². The van der Waals surface area contributed by atoms with Gasteiger partial charge in [0.05, 0.1) is 11.3 Å². The summed E-state index contributed by atoms with van der Waals surface area (Å²) in [5.74, 6) is 2.19. The lowest BCUT2D eigenvalue weighted by molar-refractivity contribution is 0.295. The van der Waals surface area contributed by atoms with Gasteiger partial charge in [-0.2, -0.15) is 0 Å². The second kappa shape index (κ2) is 4.51. The van der Waals surface area contributed by atoms with Gasteiger partial charge in [0.2, 0.25) is 0 Å². The molecular formula is C16H12NO4-. The number of hydrogen-bond acceptors (Lipinski definition) is 5. The van der Waals surface area contributed by atoms with Gasteiger partial charge in [0, 0.05) is 12.0 Å². The van der Waals surface area contributed by atoms with E-state index in [0.29, 0.717) is 17.9 Å². The average Bonchev–Trinajstić information content (AvgIpc) is 2.52. The van der Waals surface area contributed by atoms with Crippen LogP contribution in [0.15, 0.2) is 48.0 Å². The minimum Gasteiger partial charge on any atom is -0.733 e. The van der Waals surface area contributed by atoms with Crippen molar-refractivity contribution in [2.45, 2.75) is 6.42 Å². The molecule has 2 aromatic rings.